The van der Waals surface area contributed by atoms with Crippen LogP contribution in [0, 0.1) is 0 Å². The summed E-state index contributed by atoms with van der Waals surface area (Å²) >= 11 is 6.06. The first-order valence-electron chi connectivity index (χ1n) is 7.88. The molecule has 9 heteroatoms. The van der Waals surface area contributed by atoms with E-state index in [-0.39, 0.29) is 12.0 Å². The van der Waals surface area contributed by atoms with Crippen molar-refractivity contribution in [2.45, 2.75) is 44.3 Å². The van der Waals surface area contributed by atoms with Gasteiger partial charge in [-0.3, -0.25) is 9.69 Å². The first-order valence-corrected chi connectivity index (χ1v) is 8.26. The summed E-state index contributed by atoms with van der Waals surface area (Å²) in [6.07, 6.45) is -3.83. The third-order valence-electron chi connectivity index (χ3n) is 4.44. The van der Waals surface area contributed by atoms with Crippen molar-refractivity contribution >= 4 is 23.5 Å². The Kier molecular flexibility index (Phi) is 7.46. The van der Waals surface area contributed by atoms with Crippen molar-refractivity contribution in [1.82, 2.24) is 4.90 Å². The fraction of sp³-hybridized carbons (Fsp3) is 0.529. The van der Waals surface area contributed by atoms with E-state index in [9.17, 15) is 18.0 Å². The Morgan fingerprint density at radius 2 is 1.88 bits per heavy atom. The van der Waals surface area contributed by atoms with Crippen LogP contribution in [0.25, 0.3) is 0 Å². The molecule has 1 aliphatic heterocycles. The summed E-state index contributed by atoms with van der Waals surface area (Å²) in [4.78, 5) is 21.9. The van der Waals surface area contributed by atoms with Gasteiger partial charge in [0, 0.05) is 23.0 Å². The minimum absolute atomic E-state index is 0.0276. The highest BCUT2D eigenvalue weighted by molar-refractivity contribution is 6.30. The van der Waals surface area contributed by atoms with E-state index >= 15 is 0 Å². The predicted octanol–water partition coefficient (Wildman–Crippen LogP) is 4.02. The van der Waals surface area contributed by atoms with E-state index in [0.717, 1.165) is 18.0 Å². The average molecular weight is 396 g/mol. The largest absolute Gasteiger partial charge is 0.490 e. The van der Waals surface area contributed by atoms with Crippen molar-refractivity contribution in [3.8, 4) is 0 Å². The lowest BCUT2D eigenvalue weighted by atomic mass is 9.83. The lowest BCUT2D eigenvalue weighted by Crippen LogP contribution is -2.42. The van der Waals surface area contributed by atoms with Crippen LogP contribution in [-0.2, 0) is 9.59 Å². The molecule has 0 saturated carbocycles. The number of carboxylic acids is 2. The van der Waals surface area contributed by atoms with Crippen molar-refractivity contribution in [2.24, 2.45) is 0 Å². The van der Waals surface area contributed by atoms with E-state index in [2.05, 4.69) is 24.8 Å². The number of carbonyl (C=O) groups is 2. The van der Waals surface area contributed by atoms with E-state index in [0.29, 0.717) is 12.5 Å². The molecule has 26 heavy (non-hydrogen) atoms. The number of halogens is 4. The number of likely N-dealkylation sites (tertiary alicyclic amines) is 1. The third-order valence-corrected chi connectivity index (χ3v) is 4.68. The van der Waals surface area contributed by atoms with Gasteiger partial charge < -0.3 is 10.2 Å². The molecule has 1 heterocycles. The standard InChI is InChI=1S/C15H20ClNO2.C2HF3O2/c1-15(2)13(11-4-3-5-12(16)10-11)6-8-17(15)9-7-14(18)19;3-2(4,5)1(6)7/h3-5,10,13H,6-9H2,1-2H3,(H,18,19);(H,6,7). The zero-order valence-corrected chi connectivity index (χ0v) is 15.1. The highest BCUT2D eigenvalue weighted by Gasteiger charge is 2.41. The van der Waals surface area contributed by atoms with Gasteiger partial charge in [-0.05, 0) is 44.5 Å². The predicted molar refractivity (Wildman–Crippen MR) is 90.4 cm³/mol. The number of benzene rings is 1. The molecule has 0 radical (unpaired) electrons. The summed E-state index contributed by atoms with van der Waals surface area (Å²) in [6, 6.07) is 8.00. The summed E-state index contributed by atoms with van der Waals surface area (Å²) in [7, 11) is 0. The van der Waals surface area contributed by atoms with Gasteiger partial charge in [-0.2, -0.15) is 13.2 Å². The molecule has 1 saturated heterocycles. The number of rotatable bonds is 4. The van der Waals surface area contributed by atoms with Gasteiger partial charge in [0.25, 0.3) is 0 Å². The summed E-state index contributed by atoms with van der Waals surface area (Å²) in [6.45, 7) is 5.93. The Bertz CT molecular complexity index is 649. The number of nitrogens with zero attached hydrogens (tertiary/aromatic N) is 1. The smallest absolute Gasteiger partial charge is 0.481 e. The topological polar surface area (TPSA) is 77.8 Å². The second kappa shape index (κ2) is 8.73. The van der Waals surface area contributed by atoms with Crippen LogP contribution in [0.1, 0.15) is 38.2 Å². The molecule has 5 nitrogen and oxygen atoms in total. The van der Waals surface area contributed by atoms with Gasteiger partial charge in [-0.15, -0.1) is 0 Å². The van der Waals surface area contributed by atoms with E-state index in [1.54, 1.807) is 0 Å². The zero-order chi connectivity index (χ0) is 20.1. The molecule has 0 aromatic heterocycles. The van der Waals surface area contributed by atoms with Crippen LogP contribution in [0.15, 0.2) is 24.3 Å². The molecule has 1 aliphatic rings. The maximum atomic E-state index is 10.7. The van der Waals surface area contributed by atoms with Gasteiger partial charge in [0.05, 0.1) is 6.42 Å². The van der Waals surface area contributed by atoms with Crippen molar-refractivity contribution in [3.63, 3.8) is 0 Å². The summed E-state index contributed by atoms with van der Waals surface area (Å²) in [5.74, 6) is -3.09. The van der Waals surface area contributed by atoms with Crippen LogP contribution < -0.4 is 0 Å². The Morgan fingerprint density at radius 3 is 2.35 bits per heavy atom. The quantitative estimate of drug-likeness (QED) is 0.805. The van der Waals surface area contributed by atoms with Gasteiger partial charge in [-0.1, -0.05) is 23.7 Å². The molecular weight excluding hydrogens is 375 g/mol. The van der Waals surface area contributed by atoms with Crippen molar-refractivity contribution in [3.05, 3.63) is 34.9 Å². The molecular formula is C17H21ClF3NO4. The fourth-order valence-corrected chi connectivity index (χ4v) is 3.27. The number of hydrogen-bond donors (Lipinski definition) is 2. The Labute approximate surface area is 154 Å². The van der Waals surface area contributed by atoms with Gasteiger partial charge in [0.15, 0.2) is 0 Å². The summed E-state index contributed by atoms with van der Waals surface area (Å²) in [5, 5.41) is 16.7. The molecule has 0 spiro atoms. The normalized spacial score (nSPS) is 19.5. The van der Waals surface area contributed by atoms with Crippen molar-refractivity contribution in [1.29, 1.82) is 0 Å². The van der Waals surface area contributed by atoms with E-state index in [1.165, 1.54) is 5.56 Å². The minimum atomic E-state index is -5.08. The summed E-state index contributed by atoms with van der Waals surface area (Å²) in [5.41, 5.74) is 1.22. The number of alkyl halides is 3. The molecule has 0 bridgehead atoms. The van der Waals surface area contributed by atoms with Crippen LogP contribution in [0.3, 0.4) is 0 Å². The van der Waals surface area contributed by atoms with Crippen LogP contribution in [0.2, 0.25) is 5.02 Å². The maximum Gasteiger partial charge on any atom is 0.490 e. The van der Waals surface area contributed by atoms with Gasteiger partial charge >= 0.3 is 18.1 Å². The molecule has 0 amide bonds. The Morgan fingerprint density at radius 1 is 1.31 bits per heavy atom. The molecule has 1 aromatic carbocycles. The molecule has 0 aliphatic carbocycles. The molecule has 1 aromatic rings. The molecule has 2 rings (SSSR count). The first-order chi connectivity index (χ1) is 11.9. The van der Waals surface area contributed by atoms with Crippen LogP contribution >= 0.6 is 11.6 Å². The van der Waals surface area contributed by atoms with E-state index in [1.807, 2.05) is 18.2 Å². The maximum absolute atomic E-state index is 10.7. The average Bonchev–Trinajstić information content (AvgIpc) is 2.79. The van der Waals surface area contributed by atoms with Crippen LogP contribution in [-0.4, -0.2) is 51.9 Å². The SMILES string of the molecule is CC1(C)C(c2cccc(Cl)c2)CCN1CCC(=O)O.O=C(O)C(F)(F)F. The molecule has 1 atom stereocenters. The van der Waals surface area contributed by atoms with Crippen LogP contribution in [0.4, 0.5) is 13.2 Å². The number of hydrogen-bond acceptors (Lipinski definition) is 3. The zero-order valence-electron chi connectivity index (χ0n) is 14.4. The Hall–Kier alpha value is -1.80. The highest BCUT2D eigenvalue weighted by Crippen LogP contribution is 2.42. The third kappa shape index (κ3) is 6.17. The lowest BCUT2D eigenvalue weighted by Gasteiger charge is -2.36. The monoisotopic (exact) mass is 395 g/mol. The van der Waals surface area contributed by atoms with Gasteiger partial charge in [0.1, 0.15) is 0 Å². The van der Waals surface area contributed by atoms with E-state index in [4.69, 9.17) is 26.6 Å². The first kappa shape index (κ1) is 22.2. The minimum Gasteiger partial charge on any atom is -0.481 e. The van der Waals surface area contributed by atoms with Crippen molar-refractivity contribution < 1.29 is 33.0 Å². The fourth-order valence-electron chi connectivity index (χ4n) is 3.08. The second-order valence-electron chi connectivity index (χ2n) is 6.48. The molecule has 1 fully saturated rings. The molecule has 146 valence electrons. The number of aliphatic carboxylic acids is 2. The highest BCUT2D eigenvalue weighted by atomic mass is 35.5. The van der Waals surface area contributed by atoms with Gasteiger partial charge in [0.2, 0.25) is 0 Å². The molecule has 1 unspecified atom stereocenters. The Balaban J connectivity index is 0.000000412. The van der Waals surface area contributed by atoms with Gasteiger partial charge in [-0.25, -0.2) is 4.79 Å². The number of carboxylic acid groups (broad SMARTS) is 2. The second-order valence-corrected chi connectivity index (χ2v) is 6.92. The summed E-state index contributed by atoms with van der Waals surface area (Å²) < 4.78 is 31.7. The van der Waals surface area contributed by atoms with E-state index < -0.39 is 18.1 Å². The molecule has 2 N–H and O–H groups in total. The lowest BCUT2D eigenvalue weighted by molar-refractivity contribution is -0.192. The van der Waals surface area contributed by atoms with Crippen LogP contribution in [0.5, 0.6) is 0 Å². The van der Waals surface area contributed by atoms with Crippen molar-refractivity contribution in [2.75, 3.05) is 13.1 Å².